The average molecular weight is 446 g/mol. The summed E-state index contributed by atoms with van der Waals surface area (Å²) >= 11 is 0. The van der Waals surface area contributed by atoms with E-state index < -0.39 is 23.3 Å². The lowest BCUT2D eigenvalue weighted by molar-refractivity contribution is -0.137. The van der Waals surface area contributed by atoms with Crippen LogP contribution in [0.2, 0.25) is 0 Å². The Morgan fingerprint density at radius 1 is 1.19 bits per heavy atom. The Bertz CT molecular complexity index is 1200. The van der Waals surface area contributed by atoms with Gasteiger partial charge in [-0.1, -0.05) is 12.1 Å². The Balaban J connectivity index is 1.75. The van der Waals surface area contributed by atoms with Crippen LogP contribution in [0, 0.1) is 6.92 Å². The molecule has 0 unspecified atom stereocenters. The third kappa shape index (κ3) is 4.34. The van der Waals surface area contributed by atoms with Gasteiger partial charge in [-0.3, -0.25) is 4.79 Å². The first kappa shape index (κ1) is 22.3. The number of alkyl halides is 3. The van der Waals surface area contributed by atoms with E-state index in [-0.39, 0.29) is 5.56 Å². The second-order valence-electron chi connectivity index (χ2n) is 8.50. The first-order chi connectivity index (χ1) is 15.1. The van der Waals surface area contributed by atoms with Gasteiger partial charge in [0.1, 0.15) is 11.6 Å². The fourth-order valence-corrected chi connectivity index (χ4v) is 4.08. The number of anilines is 1. The van der Waals surface area contributed by atoms with Crippen molar-refractivity contribution in [1.29, 1.82) is 0 Å². The maximum atomic E-state index is 13.1. The Morgan fingerprint density at radius 3 is 2.59 bits per heavy atom. The highest BCUT2D eigenvalue weighted by Crippen LogP contribution is 2.33. The molecule has 1 saturated heterocycles. The molecule has 6 nitrogen and oxygen atoms in total. The largest absolute Gasteiger partial charge is 0.416 e. The van der Waals surface area contributed by atoms with Gasteiger partial charge in [-0.05, 0) is 51.3 Å². The van der Waals surface area contributed by atoms with Crippen molar-refractivity contribution in [2.45, 2.75) is 51.4 Å². The average Bonchev–Trinajstić information content (AvgIpc) is 2.73. The number of fused-ring (bicyclic) bond motifs is 1. The zero-order valence-corrected chi connectivity index (χ0v) is 18.2. The van der Waals surface area contributed by atoms with E-state index in [1.165, 1.54) is 12.1 Å². The van der Waals surface area contributed by atoms with Crippen LogP contribution < -0.4 is 10.9 Å². The van der Waals surface area contributed by atoms with E-state index in [0.29, 0.717) is 54.2 Å². The molecule has 1 aliphatic rings. The number of pyridine rings is 1. The standard InChI is InChI=1S/C23H25F3N4O2/c1-14(16-5-4-6-17(11-16)23(24,25)26)27-21-18-13-30(22(3)7-9-32-10-8-22)20(31)12-19(18)28-15(2)29-21/h4-6,11-14H,7-10H2,1-3H3,(H,27,28,29)/t14-/m1/s1. The lowest BCUT2D eigenvalue weighted by Crippen LogP contribution is -2.42. The van der Waals surface area contributed by atoms with E-state index in [1.54, 1.807) is 30.7 Å². The Labute approximate surface area is 183 Å². The molecule has 0 amide bonds. The summed E-state index contributed by atoms with van der Waals surface area (Å²) in [6.07, 6.45) is -1.25. The molecule has 0 aliphatic carbocycles. The van der Waals surface area contributed by atoms with Gasteiger partial charge in [0, 0.05) is 37.1 Å². The van der Waals surface area contributed by atoms with Gasteiger partial charge in [0.05, 0.1) is 16.5 Å². The van der Waals surface area contributed by atoms with E-state index in [4.69, 9.17) is 4.74 Å². The highest BCUT2D eigenvalue weighted by molar-refractivity contribution is 5.88. The Hall–Kier alpha value is -2.94. The summed E-state index contributed by atoms with van der Waals surface area (Å²) in [5.74, 6) is 0.937. The van der Waals surface area contributed by atoms with Gasteiger partial charge in [0.2, 0.25) is 0 Å². The van der Waals surface area contributed by atoms with Gasteiger partial charge < -0.3 is 14.6 Å². The maximum absolute atomic E-state index is 13.1. The molecular formula is C23H25F3N4O2. The van der Waals surface area contributed by atoms with Crippen molar-refractivity contribution >= 4 is 16.7 Å². The van der Waals surface area contributed by atoms with Crippen molar-refractivity contribution in [3.05, 3.63) is 63.8 Å². The monoisotopic (exact) mass is 446 g/mol. The van der Waals surface area contributed by atoms with Crippen LogP contribution in [-0.4, -0.2) is 27.7 Å². The lowest BCUT2D eigenvalue weighted by Gasteiger charge is -2.35. The molecule has 0 bridgehead atoms. The van der Waals surface area contributed by atoms with E-state index in [1.807, 2.05) is 6.92 Å². The van der Waals surface area contributed by atoms with Crippen LogP contribution in [0.25, 0.3) is 10.9 Å². The van der Waals surface area contributed by atoms with Crippen molar-refractivity contribution < 1.29 is 17.9 Å². The normalized spacial score (nSPS) is 17.3. The summed E-state index contributed by atoms with van der Waals surface area (Å²) in [7, 11) is 0. The molecular weight excluding hydrogens is 421 g/mol. The molecule has 2 aromatic heterocycles. The van der Waals surface area contributed by atoms with Crippen molar-refractivity contribution in [3.8, 4) is 0 Å². The fourth-order valence-electron chi connectivity index (χ4n) is 4.08. The molecule has 0 spiro atoms. The van der Waals surface area contributed by atoms with Crippen molar-refractivity contribution in [2.24, 2.45) is 0 Å². The van der Waals surface area contributed by atoms with Gasteiger partial charge in [-0.25, -0.2) is 9.97 Å². The zero-order chi connectivity index (χ0) is 23.1. The SMILES string of the molecule is Cc1nc(N[C@H](C)c2cccc(C(F)(F)F)c2)c2cn(C3(C)CCOCC3)c(=O)cc2n1. The van der Waals surface area contributed by atoms with Crippen LogP contribution >= 0.6 is 0 Å². The van der Waals surface area contributed by atoms with E-state index in [0.717, 1.165) is 12.1 Å². The molecule has 3 aromatic rings. The molecule has 170 valence electrons. The molecule has 32 heavy (non-hydrogen) atoms. The van der Waals surface area contributed by atoms with Crippen molar-refractivity contribution in [2.75, 3.05) is 18.5 Å². The number of nitrogens with one attached hydrogen (secondary N) is 1. The number of rotatable bonds is 4. The molecule has 1 atom stereocenters. The molecule has 0 saturated carbocycles. The zero-order valence-electron chi connectivity index (χ0n) is 18.2. The molecule has 1 aromatic carbocycles. The predicted octanol–water partition coefficient (Wildman–Crippen LogP) is 4.82. The van der Waals surface area contributed by atoms with Crippen LogP contribution in [0.15, 0.2) is 41.3 Å². The van der Waals surface area contributed by atoms with Crippen LogP contribution in [0.1, 0.15) is 49.7 Å². The topological polar surface area (TPSA) is 69.0 Å². The minimum Gasteiger partial charge on any atom is -0.381 e. The number of nitrogens with zero attached hydrogens (tertiary/aromatic N) is 3. The summed E-state index contributed by atoms with van der Waals surface area (Å²) in [5.41, 5.74) is -0.272. The number of hydrogen-bond donors (Lipinski definition) is 1. The molecule has 4 rings (SSSR count). The maximum Gasteiger partial charge on any atom is 0.416 e. The number of aromatic nitrogens is 3. The van der Waals surface area contributed by atoms with Crippen molar-refractivity contribution in [3.63, 3.8) is 0 Å². The van der Waals surface area contributed by atoms with Gasteiger partial charge in [0.15, 0.2) is 0 Å². The number of benzene rings is 1. The van der Waals surface area contributed by atoms with Gasteiger partial charge in [0.25, 0.3) is 5.56 Å². The minimum absolute atomic E-state index is 0.156. The van der Waals surface area contributed by atoms with E-state index in [9.17, 15) is 18.0 Å². The molecule has 3 heterocycles. The fraction of sp³-hybridized carbons (Fsp3) is 0.435. The highest BCUT2D eigenvalue weighted by atomic mass is 19.4. The smallest absolute Gasteiger partial charge is 0.381 e. The molecule has 1 fully saturated rings. The summed E-state index contributed by atoms with van der Waals surface area (Å²) in [6.45, 7) is 6.65. The molecule has 9 heteroatoms. The van der Waals surface area contributed by atoms with E-state index >= 15 is 0 Å². The number of ether oxygens (including phenoxy) is 1. The van der Waals surface area contributed by atoms with E-state index in [2.05, 4.69) is 15.3 Å². The third-order valence-corrected chi connectivity index (χ3v) is 6.06. The first-order valence-corrected chi connectivity index (χ1v) is 10.5. The summed E-state index contributed by atoms with van der Waals surface area (Å²) in [5, 5.41) is 3.86. The molecule has 1 aliphatic heterocycles. The molecule has 0 radical (unpaired) electrons. The van der Waals surface area contributed by atoms with Crippen LogP contribution in [0.4, 0.5) is 19.0 Å². The van der Waals surface area contributed by atoms with Crippen LogP contribution in [0.5, 0.6) is 0 Å². The summed E-state index contributed by atoms with van der Waals surface area (Å²) < 4.78 is 46.6. The van der Waals surface area contributed by atoms with Crippen LogP contribution in [0.3, 0.4) is 0 Å². The van der Waals surface area contributed by atoms with Crippen LogP contribution in [-0.2, 0) is 16.5 Å². The number of halogens is 3. The highest BCUT2D eigenvalue weighted by Gasteiger charge is 2.32. The number of aryl methyl sites for hydroxylation is 1. The van der Waals surface area contributed by atoms with Crippen molar-refractivity contribution in [1.82, 2.24) is 14.5 Å². The molecule has 1 N–H and O–H groups in total. The predicted molar refractivity (Wildman–Crippen MR) is 116 cm³/mol. The van der Waals surface area contributed by atoms with Gasteiger partial charge in [-0.2, -0.15) is 13.2 Å². The third-order valence-electron chi connectivity index (χ3n) is 6.06. The summed E-state index contributed by atoms with van der Waals surface area (Å²) in [6, 6.07) is 6.26. The number of hydrogen-bond acceptors (Lipinski definition) is 5. The van der Waals surface area contributed by atoms with Gasteiger partial charge in [-0.15, -0.1) is 0 Å². The summed E-state index contributed by atoms with van der Waals surface area (Å²) in [4.78, 5) is 21.8. The first-order valence-electron chi connectivity index (χ1n) is 10.5. The second-order valence-corrected chi connectivity index (χ2v) is 8.50. The second kappa shape index (κ2) is 8.20. The Morgan fingerprint density at radius 2 is 1.91 bits per heavy atom. The van der Waals surface area contributed by atoms with Gasteiger partial charge >= 0.3 is 6.18 Å². The Kier molecular flexibility index (Phi) is 5.70. The quantitative estimate of drug-likeness (QED) is 0.623. The minimum atomic E-state index is -4.41. The lowest BCUT2D eigenvalue weighted by atomic mass is 9.92.